The molecule has 1 aromatic heterocycles. The van der Waals surface area contributed by atoms with E-state index >= 15 is 0 Å². The number of aliphatic hydroxyl groups is 1. The summed E-state index contributed by atoms with van der Waals surface area (Å²) in [5, 5.41) is 19.7. The highest BCUT2D eigenvalue weighted by Crippen LogP contribution is 2.30. The molecule has 1 fully saturated rings. The molecule has 0 bridgehead atoms. The van der Waals surface area contributed by atoms with E-state index in [0.717, 1.165) is 29.4 Å². The summed E-state index contributed by atoms with van der Waals surface area (Å²) in [6, 6.07) is 15.1. The Labute approximate surface area is 162 Å². The average molecular weight is 382 g/mol. The molecule has 4 rings (SSSR count). The zero-order valence-electron chi connectivity index (χ0n) is 14.8. The maximum Gasteiger partial charge on any atom is 0.329 e. The van der Waals surface area contributed by atoms with E-state index in [1.54, 1.807) is 16.7 Å². The minimum absolute atomic E-state index is 0.0720. The second kappa shape index (κ2) is 7.22. The van der Waals surface area contributed by atoms with Gasteiger partial charge in [0.05, 0.1) is 35.3 Å². The number of halogens is 1. The molecule has 1 aliphatic rings. The van der Waals surface area contributed by atoms with Crippen LogP contribution < -0.4 is 5.69 Å². The highest BCUT2D eigenvalue weighted by Gasteiger charge is 2.25. The summed E-state index contributed by atoms with van der Waals surface area (Å²) in [7, 11) is 0. The number of aliphatic hydroxyl groups excluding tert-OH is 1. The molecule has 0 unspecified atom stereocenters. The molecular weight excluding hydrogens is 362 g/mol. The molecule has 3 aromatic rings. The van der Waals surface area contributed by atoms with Crippen molar-refractivity contribution in [3.63, 3.8) is 0 Å². The first-order chi connectivity index (χ1) is 13.1. The zero-order chi connectivity index (χ0) is 19.0. The van der Waals surface area contributed by atoms with Gasteiger partial charge < -0.3 is 5.11 Å². The van der Waals surface area contributed by atoms with E-state index in [9.17, 15) is 15.2 Å². The van der Waals surface area contributed by atoms with E-state index in [-0.39, 0.29) is 17.8 Å². The quantitative estimate of drug-likeness (QED) is 0.749. The maximum absolute atomic E-state index is 13.3. The molecule has 138 valence electrons. The zero-order valence-corrected chi connectivity index (χ0v) is 15.6. The Balaban J connectivity index is 1.84. The summed E-state index contributed by atoms with van der Waals surface area (Å²) in [4.78, 5) is 13.3. The van der Waals surface area contributed by atoms with Gasteiger partial charge in [-0.2, -0.15) is 5.26 Å². The monoisotopic (exact) mass is 381 g/mol. The van der Waals surface area contributed by atoms with Crippen molar-refractivity contribution >= 4 is 22.6 Å². The largest absolute Gasteiger partial charge is 0.393 e. The number of rotatable bonds is 3. The van der Waals surface area contributed by atoms with Gasteiger partial charge in [0.15, 0.2) is 0 Å². The van der Waals surface area contributed by atoms with Crippen LogP contribution in [0.2, 0.25) is 5.02 Å². The fourth-order valence-corrected chi connectivity index (χ4v) is 4.07. The SMILES string of the molecule is N#Cc1ccc2c(c1)n(Cc1ccc(Cl)cc1)c(=O)n2C1CCC(O)CC1. The molecule has 5 nitrogen and oxygen atoms in total. The molecule has 0 radical (unpaired) electrons. The van der Waals surface area contributed by atoms with Gasteiger partial charge >= 0.3 is 5.69 Å². The van der Waals surface area contributed by atoms with Gasteiger partial charge in [0.2, 0.25) is 0 Å². The lowest BCUT2D eigenvalue weighted by molar-refractivity contribution is 0.110. The molecule has 1 heterocycles. The normalized spacial score (nSPS) is 19.9. The Hall–Kier alpha value is -2.55. The minimum Gasteiger partial charge on any atom is -0.393 e. The van der Waals surface area contributed by atoms with Gasteiger partial charge in [-0.3, -0.25) is 9.13 Å². The third-order valence-electron chi connectivity index (χ3n) is 5.38. The number of benzene rings is 2. The number of hydrogen-bond donors (Lipinski definition) is 1. The van der Waals surface area contributed by atoms with Crippen LogP contribution in [-0.2, 0) is 6.54 Å². The van der Waals surface area contributed by atoms with E-state index in [2.05, 4.69) is 6.07 Å². The number of nitrogens with zero attached hydrogens (tertiary/aromatic N) is 3. The van der Waals surface area contributed by atoms with Crippen LogP contribution in [0.15, 0.2) is 47.3 Å². The summed E-state index contributed by atoms with van der Waals surface area (Å²) < 4.78 is 3.57. The number of imidazole rings is 1. The van der Waals surface area contributed by atoms with Crippen molar-refractivity contribution < 1.29 is 5.11 Å². The highest BCUT2D eigenvalue weighted by atomic mass is 35.5. The summed E-state index contributed by atoms with van der Waals surface area (Å²) in [6.07, 6.45) is 2.70. The molecule has 1 aliphatic carbocycles. The molecular formula is C21H20ClN3O2. The highest BCUT2D eigenvalue weighted by molar-refractivity contribution is 6.30. The fourth-order valence-electron chi connectivity index (χ4n) is 3.94. The van der Waals surface area contributed by atoms with Gasteiger partial charge in [-0.05, 0) is 61.6 Å². The predicted octanol–water partition coefficient (Wildman–Crippen LogP) is 3.85. The van der Waals surface area contributed by atoms with Crippen LogP contribution in [0.1, 0.15) is 42.9 Å². The van der Waals surface area contributed by atoms with Gasteiger partial charge in [0.1, 0.15) is 0 Å². The molecule has 6 heteroatoms. The molecule has 0 atom stereocenters. The Morgan fingerprint density at radius 2 is 1.78 bits per heavy atom. The topological polar surface area (TPSA) is 71.0 Å². The number of hydrogen-bond acceptors (Lipinski definition) is 3. The molecule has 1 saturated carbocycles. The third kappa shape index (κ3) is 3.39. The van der Waals surface area contributed by atoms with Crippen LogP contribution in [-0.4, -0.2) is 20.3 Å². The third-order valence-corrected chi connectivity index (χ3v) is 5.63. The van der Waals surface area contributed by atoms with E-state index in [0.29, 0.717) is 30.0 Å². The molecule has 27 heavy (non-hydrogen) atoms. The molecule has 0 spiro atoms. The van der Waals surface area contributed by atoms with Gasteiger partial charge in [-0.25, -0.2) is 4.79 Å². The van der Waals surface area contributed by atoms with Crippen LogP contribution >= 0.6 is 11.6 Å². The summed E-state index contributed by atoms with van der Waals surface area (Å²) in [5.74, 6) is 0. The van der Waals surface area contributed by atoms with Crippen LogP contribution in [0.25, 0.3) is 11.0 Å². The van der Waals surface area contributed by atoms with E-state index < -0.39 is 0 Å². The summed E-state index contributed by atoms with van der Waals surface area (Å²) in [6.45, 7) is 0.420. The lowest BCUT2D eigenvalue weighted by Gasteiger charge is -2.26. The van der Waals surface area contributed by atoms with Crippen LogP contribution in [0, 0.1) is 11.3 Å². The van der Waals surface area contributed by atoms with Crippen molar-refractivity contribution in [1.82, 2.24) is 9.13 Å². The van der Waals surface area contributed by atoms with Gasteiger partial charge in [-0.15, -0.1) is 0 Å². The second-order valence-electron chi connectivity index (χ2n) is 7.14. The van der Waals surface area contributed by atoms with Crippen LogP contribution in [0.3, 0.4) is 0 Å². The first kappa shape index (κ1) is 17.8. The smallest absolute Gasteiger partial charge is 0.329 e. The van der Waals surface area contributed by atoms with Crippen molar-refractivity contribution in [2.24, 2.45) is 0 Å². The summed E-state index contributed by atoms with van der Waals surface area (Å²) >= 11 is 5.97. The summed E-state index contributed by atoms with van der Waals surface area (Å²) in [5.41, 5.74) is 3.04. The van der Waals surface area contributed by atoms with Crippen molar-refractivity contribution in [1.29, 1.82) is 5.26 Å². The number of nitriles is 1. The van der Waals surface area contributed by atoms with E-state index in [4.69, 9.17) is 11.6 Å². The molecule has 0 saturated heterocycles. The van der Waals surface area contributed by atoms with Crippen molar-refractivity contribution in [3.8, 4) is 6.07 Å². The first-order valence-corrected chi connectivity index (χ1v) is 9.52. The van der Waals surface area contributed by atoms with Crippen molar-refractivity contribution in [3.05, 3.63) is 69.1 Å². The van der Waals surface area contributed by atoms with E-state index in [1.165, 1.54) is 0 Å². The standard InChI is InChI=1S/C21H20ClN3O2/c22-16-4-1-14(2-5-16)13-24-20-11-15(12-23)3-10-19(20)25(21(24)27)17-6-8-18(26)9-7-17/h1-5,10-11,17-18,26H,6-9,13H2. The fraction of sp³-hybridized carbons (Fsp3) is 0.333. The maximum atomic E-state index is 13.3. The number of aromatic nitrogens is 2. The molecule has 0 amide bonds. The predicted molar refractivity (Wildman–Crippen MR) is 105 cm³/mol. The van der Waals surface area contributed by atoms with Crippen molar-refractivity contribution in [2.75, 3.05) is 0 Å². The van der Waals surface area contributed by atoms with Crippen LogP contribution in [0.4, 0.5) is 0 Å². The van der Waals surface area contributed by atoms with Crippen LogP contribution in [0.5, 0.6) is 0 Å². The molecule has 2 aromatic carbocycles. The Morgan fingerprint density at radius 3 is 2.44 bits per heavy atom. The van der Waals surface area contributed by atoms with Gasteiger partial charge in [0, 0.05) is 11.1 Å². The average Bonchev–Trinajstić information content (AvgIpc) is 2.95. The first-order valence-electron chi connectivity index (χ1n) is 9.14. The second-order valence-corrected chi connectivity index (χ2v) is 7.58. The lowest BCUT2D eigenvalue weighted by Crippen LogP contribution is -2.31. The Bertz CT molecular complexity index is 1070. The van der Waals surface area contributed by atoms with Gasteiger partial charge in [-0.1, -0.05) is 23.7 Å². The Kier molecular flexibility index (Phi) is 4.77. The van der Waals surface area contributed by atoms with E-state index in [1.807, 2.05) is 34.9 Å². The molecule has 1 N–H and O–H groups in total. The van der Waals surface area contributed by atoms with Gasteiger partial charge in [0.25, 0.3) is 0 Å². The number of fused-ring (bicyclic) bond motifs is 1. The lowest BCUT2D eigenvalue weighted by atomic mass is 9.93. The minimum atomic E-state index is -0.274. The Morgan fingerprint density at radius 1 is 1.07 bits per heavy atom. The van der Waals surface area contributed by atoms with Crippen molar-refractivity contribution in [2.45, 2.75) is 44.4 Å². The molecule has 0 aliphatic heterocycles.